The van der Waals surface area contributed by atoms with E-state index in [2.05, 4.69) is 48.7 Å². The number of hydrogen-bond donors (Lipinski definition) is 0. The van der Waals surface area contributed by atoms with Gasteiger partial charge in [0, 0.05) is 17.1 Å². The molecule has 0 aliphatic carbocycles. The minimum Gasteiger partial charge on any atom is -0.591 e. The number of nitrogens with zero attached hydrogens (tertiary/aromatic N) is 1. The monoisotopic (exact) mass is 437 g/mol. The van der Waals surface area contributed by atoms with Crippen LogP contribution in [0, 0.1) is 5.92 Å². The van der Waals surface area contributed by atoms with Crippen LogP contribution in [0.3, 0.4) is 0 Å². The summed E-state index contributed by atoms with van der Waals surface area (Å²) < 4.78 is 5.26. The molecule has 2 radical (unpaired) electrons. The molecule has 1 unspecified atom stereocenters. The Morgan fingerprint density at radius 1 is 1.00 bits per heavy atom. The Morgan fingerprint density at radius 2 is 1.50 bits per heavy atom. The van der Waals surface area contributed by atoms with Gasteiger partial charge in [0.15, 0.2) is 0 Å². The molecule has 0 saturated carbocycles. The molecule has 28 heavy (non-hydrogen) atoms. The topological polar surface area (TPSA) is 40.4 Å². The smallest absolute Gasteiger partial charge is 0.591 e. The molecule has 0 fully saturated rings. The summed E-state index contributed by atoms with van der Waals surface area (Å²) in [5.41, 5.74) is 0.612. The second-order valence-corrected chi connectivity index (χ2v) is 9.01. The van der Waals surface area contributed by atoms with Crippen molar-refractivity contribution in [3.8, 4) is 0 Å². The summed E-state index contributed by atoms with van der Waals surface area (Å²) in [5.74, 6) is 0.237. The maximum Gasteiger partial charge on any atom is 1.00 e. The van der Waals surface area contributed by atoms with Crippen molar-refractivity contribution in [2.24, 2.45) is 5.92 Å². The van der Waals surface area contributed by atoms with Gasteiger partial charge in [-0.2, -0.15) is 0 Å². The van der Waals surface area contributed by atoms with E-state index in [4.69, 9.17) is 4.74 Å². The van der Waals surface area contributed by atoms with Crippen LogP contribution in [0.25, 0.3) is 5.32 Å². The molecule has 2 aromatic rings. The summed E-state index contributed by atoms with van der Waals surface area (Å²) in [6, 6.07) is 19.7. The van der Waals surface area contributed by atoms with E-state index in [-0.39, 0.29) is 56.7 Å². The maximum atomic E-state index is 11.6. The first-order valence-electron chi connectivity index (χ1n) is 8.89. The van der Waals surface area contributed by atoms with E-state index in [1.807, 2.05) is 51.1 Å². The molecular formula is C22H29CuLiNO2Si. The summed E-state index contributed by atoms with van der Waals surface area (Å²) in [4.78, 5) is 11.6. The second kappa shape index (κ2) is 16.7. The molecule has 2 aromatic carbocycles. The zero-order chi connectivity index (χ0) is 19.4. The molecule has 1 amide bonds. The van der Waals surface area contributed by atoms with Gasteiger partial charge >= 0.3 is 18.9 Å². The molecule has 0 spiro atoms. The molecule has 3 nitrogen and oxygen atoms in total. The molecule has 1 atom stereocenters. The Hall–Kier alpha value is -1.22. The molecule has 2 rings (SSSR count). The molecule has 0 N–H and O–H groups in total. The number of hydrogen-bond acceptors (Lipinski definition) is 2. The summed E-state index contributed by atoms with van der Waals surface area (Å²) in [7, 11) is -0.212. The van der Waals surface area contributed by atoms with Crippen LogP contribution in [0.15, 0.2) is 72.8 Å². The van der Waals surface area contributed by atoms with Gasteiger partial charge in [-0.3, -0.25) is 4.79 Å². The molecule has 6 heteroatoms. The SMILES string of the molecule is C/C=C/C(OC(=O)[N-]c1ccccc1)C(C)C.C[Si](C)c1ccccc1.[Cu].[Li+]. The molecule has 0 heterocycles. The number of carbonyl (C=O) groups excluding carboxylic acids is 1. The molecule has 0 aromatic heterocycles. The fourth-order valence-corrected chi connectivity index (χ4v) is 2.97. The number of ether oxygens (including phenoxy) is 1. The maximum absolute atomic E-state index is 11.6. The Kier molecular flexibility index (Phi) is 17.3. The van der Waals surface area contributed by atoms with Crippen molar-refractivity contribution in [1.82, 2.24) is 0 Å². The summed E-state index contributed by atoms with van der Waals surface area (Å²) in [6.07, 6.45) is 2.97. The Balaban J connectivity index is 0. The predicted molar refractivity (Wildman–Crippen MR) is 113 cm³/mol. The largest absolute Gasteiger partial charge is 1.00 e. The number of rotatable bonds is 5. The van der Waals surface area contributed by atoms with Crippen molar-refractivity contribution < 1.29 is 45.5 Å². The van der Waals surface area contributed by atoms with Gasteiger partial charge in [-0.15, -0.1) is 5.69 Å². The number of carbonyl (C=O) groups is 1. The van der Waals surface area contributed by atoms with Crippen LogP contribution >= 0.6 is 0 Å². The van der Waals surface area contributed by atoms with E-state index in [0.29, 0.717) is 5.69 Å². The van der Waals surface area contributed by atoms with Crippen LogP contribution < -0.4 is 24.0 Å². The number of para-hydroxylation sites is 1. The first-order chi connectivity index (χ1) is 12.4. The fourth-order valence-electron chi connectivity index (χ4n) is 2.11. The van der Waals surface area contributed by atoms with Gasteiger partial charge in [-0.1, -0.05) is 98.9 Å². The average molecular weight is 438 g/mol. The van der Waals surface area contributed by atoms with Crippen molar-refractivity contribution in [2.45, 2.75) is 40.0 Å². The van der Waals surface area contributed by atoms with E-state index in [0.717, 1.165) is 0 Å². The van der Waals surface area contributed by atoms with E-state index >= 15 is 0 Å². The van der Waals surface area contributed by atoms with Gasteiger partial charge in [0.2, 0.25) is 6.09 Å². The minimum absolute atomic E-state index is 0. The molecule has 0 saturated heterocycles. The van der Waals surface area contributed by atoms with Gasteiger partial charge in [-0.25, -0.2) is 0 Å². The fraction of sp³-hybridized carbons (Fsp3) is 0.318. The Bertz CT molecular complexity index is 667. The molecule has 150 valence electrons. The third kappa shape index (κ3) is 12.3. The molecule has 0 aliphatic heterocycles. The number of allylic oxidation sites excluding steroid dienone is 1. The van der Waals surface area contributed by atoms with Crippen LogP contribution in [0.4, 0.5) is 10.5 Å². The van der Waals surface area contributed by atoms with Crippen LogP contribution in [0.5, 0.6) is 0 Å². The van der Waals surface area contributed by atoms with Crippen LogP contribution in [0.1, 0.15) is 20.8 Å². The number of amides is 1. The van der Waals surface area contributed by atoms with Gasteiger partial charge in [0.1, 0.15) is 6.10 Å². The Morgan fingerprint density at radius 3 is 1.89 bits per heavy atom. The van der Waals surface area contributed by atoms with Crippen LogP contribution in [-0.2, 0) is 21.8 Å². The van der Waals surface area contributed by atoms with Gasteiger partial charge in [0.05, 0.1) is 8.80 Å². The van der Waals surface area contributed by atoms with Crippen molar-refractivity contribution >= 4 is 25.8 Å². The Labute approximate surface area is 194 Å². The van der Waals surface area contributed by atoms with E-state index in [9.17, 15) is 4.79 Å². The van der Waals surface area contributed by atoms with E-state index < -0.39 is 6.09 Å². The first kappa shape index (κ1) is 29.0. The van der Waals surface area contributed by atoms with Crippen LogP contribution in [-0.4, -0.2) is 21.0 Å². The zero-order valence-corrected chi connectivity index (χ0v) is 19.6. The van der Waals surface area contributed by atoms with Crippen molar-refractivity contribution in [2.75, 3.05) is 0 Å². The van der Waals surface area contributed by atoms with Gasteiger partial charge in [-0.05, 0) is 18.9 Å². The van der Waals surface area contributed by atoms with Crippen LogP contribution in [0.2, 0.25) is 13.1 Å². The van der Waals surface area contributed by atoms with Gasteiger partial charge < -0.3 is 10.1 Å². The number of benzene rings is 2. The molecular weight excluding hydrogens is 409 g/mol. The quantitative estimate of drug-likeness (QED) is 0.532. The third-order valence-electron chi connectivity index (χ3n) is 3.60. The standard InChI is InChI=1S/C14H19NO2.C8H11Si.Cu.Li/c1-4-8-13(11(2)3)17-14(16)15-12-9-6-5-7-10-12;1-9(2)8-6-4-3-5-7-8;;/h4-11,13H,1-3H3,(H,15,16);3-7H,1-2H3;;/q;;;+1/p-1/b8-4+;;;. The van der Waals surface area contributed by atoms with Gasteiger partial charge in [0.25, 0.3) is 0 Å². The summed E-state index contributed by atoms with van der Waals surface area (Å²) in [5, 5.41) is 5.38. The second-order valence-electron chi connectivity index (χ2n) is 6.43. The first-order valence-corrected chi connectivity index (χ1v) is 11.4. The van der Waals surface area contributed by atoms with E-state index in [1.54, 1.807) is 12.1 Å². The summed E-state index contributed by atoms with van der Waals surface area (Å²) in [6.45, 7) is 10.5. The van der Waals surface area contributed by atoms with Crippen molar-refractivity contribution in [3.63, 3.8) is 0 Å². The zero-order valence-electron chi connectivity index (χ0n) is 17.6. The predicted octanol–water partition coefficient (Wildman–Crippen LogP) is 3.08. The normalized spacial score (nSPS) is 11.0. The molecule has 0 bridgehead atoms. The molecule has 0 aliphatic rings. The minimum atomic E-state index is -0.548. The van der Waals surface area contributed by atoms with E-state index in [1.165, 1.54) is 5.19 Å². The average Bonchev–Trinajstić information content (AvgIpc) is 2.63. The third-order valence-corrected chi connectivity index (χ3v) is 5.09. The van der Waals surface area contributed by atoms with Crippen molar-refractivity contribution in [1.29, 1.82) is 0 Å². The summed E-state index contributed by atoms with van der Waals surface area (Å²) >= 11 is 0. The van der Waals surface area contributed by atoms with Crippen molar-refractivity contribution in [3.05, 3.63) is 78.1 Å².